The third kappa shape index (κ3) is 2.69. The second-order valence-corrected chi connectivity index (χ2v) is 13.5. The quantitative estimate of drug-likeness (QED) is 0.464. The highest BCUT2D eigenvalue weighted by molar-refractivity contribution is 5.82. The average Bonchev–Trinajstić information content (AvgIpc) is 3.31. The van der Waals surface area contributed by atoms with Gasteiger partial charge < -0.3 is 0 Å². The first-order valence-electron chi connectivity index (χ1n) is 13.6. The highest BCUT2D eigenvalue weighted by atomic mass is 16.1. The maximum Gasteiger partial charge on any atom is 0.136 e. The van der Waals surface area contributed by atoms with Crippen molar-refractivity contribution in [2.24, 2.45) is 57.2 Å². The van der Waals surface area contributed by atoms with Gasteiger partial charge >= 0.3 is 0 Å². The van der Waals surface area contributed by atoms with Crippen LogP contribution in [0.2, 0.25) is 0 Å². The monoisotopic (exact) mass is 426 g/mol. The minimum atomic E-state index is 0.218. The standard InChI is InChI=1S/C29H46O2/c1-18(21(4)30)7-8-19(2)22-11-13-27(6)25-10-9-23-20(3)24(31)12-14-28(23)17-29(25,28)16-15-26(22,27)5/h18-20,22-23,25H,7-17H2,1-6H3/t18-,19+,20-,22+,23-,25-,26+,27-,28+,29-/m0/s1. The van der Waals surface area contributed by atoms with Crippen LogP contribution in [0, 0.1) is 57.2 Å². The van der Waals surface area contributed by atoms with E-state index >= 15 is 0 Å². The van der Waals surface area contributed by atoms with E-state index in [0.717, 1.165) is 30.6 Å². The molecule has 5 rings (SSSR count). The number of carbonyl (C=O) groups is 2. The lowest BCUT2D eigenvalue weighted by atomic mass is 9.43. The van der Waals surface area contributed by atoms with Gasteiger partial charge in [0.2, 0.25) is 0 Å². The Morgan fingerprint density at radius 1 is 0.968 bits per heavy atom. The van der Waals surface area contributed by atoms with E-state index in [9.17, 15) is 9.59 Å². The molecule has 0 amide bonds. The van der Waals surface area contributed by atoms with Crippen LogP contribution in [0.4, 0.5) is 0 Å². The first-order chi connectivity index (χ1) is 14.5. The molecule has 0 aromatic rings. The highest BCUT2D eigenvalue weighted by Gasteiger charge is 2.81. The lowest BCUT2D eigenvalue weighted by Gasteiger charge is -2.61. The molecule has 31 heavy (non-hydrogen) atoms. The van der Waals surface area contributed by atoms with Crippen LogP contribution in [0.1, 0.15) is 112 Å². The fourth-order valence-electron chi connectivity index (χ4n) is 10.7. The molecule has 0 radical (unpaired) electrons. The minimum Gasteiger partial charge on any atom is -0.300 e. The summed E-state index contributed by atoms with van der Waals surface area (Å²) in [4.78, 5) is 24.3. The largest absolute Gasteiger partial charge is 0.300 e. The van der Waals surface area contributed by atoms with Gasteiger partial charge in [0.25, 0.3) is 0 Å². The molecule has 2 spiro atoms. The Morgan fingerprint density at radius 3 is 2.42 bits per heavy atom. The van der Waals surface area contributed by atoms with Crippen LogP contribution in [-0.2, 0) is 9.59 Å². The van der Waals surface area contributed by atoms with E-state index in [1.807, 2.05) is 0 Å². The second kappa shape index (κ2) is 6.92. The maximum absolute atomic E-state index is 12.5. The van der Waals surface area contributed by atoms with Gasteiger partial charge in [0.1, 0.15) is 11.6 Å². The van der Waals surface area contributed by atoms with Gasteiger partial charge in [0.15, 0.2) is 0 Å². The van der Waals surface area contributed by atoms with Gasteiger partial charge in [-0.15, -0.1) is 0 Å². The smallest absolute Gasteiger partial charge is 0.136 e. The van der Waals surface area contributed by atoms with Crippen molar-refractivity contribution in [3.05, 3.63) is 0 Å². The average molecular weight is 427 g/mol. The number of rotatable bonds is 5. The molecule has 10 atom stereocenters. The Morgan fingerprint density at radius 2 is 1.71 bits per heavy atom. The molecule has 0 unspecified atom stereocenters. The molecule has 0 bridgehead atoms. The molecular formula is C29H46O2. The third-order valence-electron chi connectivity index (χ3n) is 13.0. The zero-order valence-corrected chi connectivity index (χ0v) is 21.1. The SMILES string of the molecule is CC(=O)[C@@H](C)CC[C@@H](C)[C@H]1CC[C@@]2(C)[C@@H]3CC[C@H]4[C@H](C)C(=O)CC[C@@]45C[C@@]35CC[C@]12C. The van der Waals surface area contributed by atoms with Crippen LogP contribution < -0.4 is 0 Å². The van der Waals surface area contributed by atoms with E-state index in [1.54, 1.807) is 6.92 Å². The number of hydrogen-bond acceptors (Lipinski definition) is 2. The molecule has 0 N–H and O–H groups in total. The number of ketones is 2. The summed E-state index contributed by atoms with van der Waals surface area (Å²) in [5, 5.41) is 0. The van der Waals surface area contributed by atoms with E-state index in [4.69, 9.17) is 0 Å². The molecule has 0 saturated heterocycles. The second-order valence-electron chi connectivity index (χ2n) is 13.5. The predicted octanol–water partition coefficient (Wildman–Crippen LogP) is 7.25. The van der Waals surface area contributed by atoms with Crippen molar-refractivity contribution < 1.29 is 9.59 Å². The summed E-state index contributed by atoms with van der Waals surface area (Å²) >= 11 is 0. The summed E-state index contributed by atoms with van der Waals surface area (Å²) < 4.78 is 0. The number of Topliss-reactive ketones (excluding diaryl/α,β-unsaturated/α-hetero) is 2. The van der Waals surface area contributed by atoms with Gasteiger partial charge in [-0.05, 0) is 116 Å². The van der Waals surface area contributed by atoms with Crippen LogP contribution in [0.15, 0.2) is 0 Å². The number of carbonyl (C=O) groups excluding carboxylic acids is 2. The van der Waals surface area contributed by atoms with Crippen molar-refractivity contribution >= 4 is 11.6 Å². The molecule has 0 aliphatic heterocycles. The maximum atomic E-state index is 12.5. The molecular weight excluding hydrogens is 380 g/mol. The summed E-state index contributed by atoms with van der Waals surface area (Å²) in [6.07, 6.45) is 14.1. The molecule has 0 aromatic carbocycles. The van der Waals surface area contributed by atoms with Crippen LogP contribution in [-0.4, -0.2) is 11.6 Å². The Balaban J connectivity index is 1.38. The summed E-state index contributed by atoms with van der Waals surface area (Å²) in [6.45, 7) is 14.0. The first-order valence-corrected chi connectivity index (χ1v) is 13.6. The van der Waals surface area contributed by atoms with Crippen LogP contribution in [0.3, 0.4) is 0 Å². The number of hydrogen-bond donors (Lipinski definition) is 0. The highest BCUT2D eigenvalue weighted by Crippen LogP contribution is 2.88. The Hall–Kier alpha value is -0.660. The van der Waals surface area contributed by atoms with Gasteiger partial charge in [0, 0.05) is 18.3 Å². The summed E-state index contributed by atoms with van der Waals surface area (Å²) in [7, 11) is 0. The van der Waals surface area contributed by atoms with Crippen molar-refractivity contribution in [1.82, 2.24) is 0 Å². The predicted molar refractivity (Wildman–Crippen MR) is 126 cm³/mol. The van der Waals surface area contributed by atoms with Gasteiger partial charge in [-0.1, -0.05) is 34.6 Å². The molecule has 5 fully saturated rings. The van der Waals surface area contributed by atoms with E-state index in [0.29, 0.717) is 45.1 Å². The third-order valence-corrected chi connectivity index (χ3v) is 13.0. The normalized spacial score (nSPS) is 52.4. The molecule has 2 heteroatoms. The minimum absolute atomic E-state index is 0.218. The van der Waals surface area contributed by atoms with E-state index in [-0.39, 0.29) is 5.92 Å². The molecule has 0 aromatic heterocycles. The van der Waals surface area contributed by atoms with Gasteiger partial charge in [-0.3, -0.25) is 9.59 Å². The van der Waals surface area contributed by atoms with Crippen molar-refractivity contribution in [2.75, 3.05) is 0 Å². The van der Waals surface area contributed by atoms with Crippen molar-refractivity contribution in [3.63, 3.8) is 0 Å². The van der Waals surface area contributed by atoms with E-state index in [2.05, 4.69) is 34.6 Å². The fraction of sp³-hybridized carbons (Fsp3) is 0.931. The van der Waals surface area contributed by atoms with Gasteiger partial charge in [-0.25, -0.2) is 0 Å². The van der Waals surface area contributed by atoms with E-state index < -0.39 is 0 Å². The first kappa shape index (κ1) is 22.1. The molecule has 5 aliphatic rings. The van der Waals surface area contributed by atoms with Crippen LogP contribution >= 0.6 is 0 Å². The van der Waals surface area contributed by atoms with Crippen LogP contribution in [0.25, 0.3) is 0 Å². The lowest BCUT2D eigenvalue weighted by molar-refractivity contribution is -0.146. The van der Waals surface area contributed by atoms with Crippen molar-refractivity contribution in [3.8, 4) is 0 Å². The molecule has 5 aliphatic carbocycles. The molecule has 174 valence electrons. The summed E-state index contributed by atoms with van der Waals surface area (Å²) in [5.41, 5.74) is 2.01. The Labute approximate surface area is 190 Å². The van der Waals surface area contributed by atoms with Gasteiger partial charge in [0.05, 0.1) is 0 Å². The summed E-state index contributed by atoms with van der Waals surface area (Å²) in [5.74, 6) is 4.53. The Kier molecular flexibility index (Phi) is 4.95. The van der Waals surface area contributed by atoms with Crippen LogP contribution in [0.5, 0.6) is 0 Å². The molecule has 2 nitrogen and oxygen atoms in total. The topological polar surface area (TPSA) is 34.1 Å². The van der Waals surface area contributed by atoms with E-state index in [1.165, 1.54) is 57.8 Å². The van der Waals surface area contributed by atoms with Gasteiger partial charge in [-0.2, -0.15) is 0 Å². The Bertz CT molecular complexity index is 786. The zero-order chi connectivity index (χ0) is 22.4. The lowest BCUT2D eigenvalue weighted by Crippen LogP contribution is -2.55. The van der Waals surface area contributed by atoms with Crippen molar-refractivity contribution in [1.29, 1.82) is 0 Å². The molecule has 0 heterocycles. The van der Waals surface area contributed by atoms with Crippen molar-refractivity contribution in [2.45, 2.75) is 112 Å². The molecule has 5 saturated carbocycles. The number of fused-ring (bicyclic) bond motifs is 2. The summed E-state index contributed by atoms with van der Waals surface area (Å²) in [6, 6.07) is 0. The zero-order valence-electron chi connectivity index (χ0n) is 21.1. The fourth-order valence-corrected chi connectivity index (χ4v) is 10.7.